The molecule has 2 rings (SSSR count). The van der Waals surface area contributed by atoms with Gasteiger partial charge >= 0.3 is 0 Å². The molecule has 1 N–H and O–H groups in total. The van der Waals surface area contributed by atoms with E-state index < -0.39 is 5.60 Å². The highest BCUT2D eigenvalue weighted by Crippen LogP contribution is 2.23. The molecule has 0 aromatic carbocycles. The largest absolute Gasteiger partial charge is 0.379 e. The van der Waals surface area contributed by atoms with E-state index in [0.717, 1.165) is 18.7 Å². The van der Waals surface area contributed by atoms with Crippen LogP contribution < -0.4 is 5.32 Å². The molecule has 0 saturated carbocycles. The molecule has 0 unspecified atom stereocenters. The zero-order valence-corrected chi connectivity index (χ0v) is 10.6. The molecule has 0 fully saturated rings. The fraction of sp³-hybridized carbons (Fsp3) is 0.636. The molecular weight excluding hydrogens is 234 g/mol. The van der Waals surface area contributed by atoms with Gasteiger partial charge in [-0.15, -0.1) is 5.10 Å². The van der Waals surface area contributed by atoms with Crippen LogP contribution in [0.2, 0.25) is 0 Å². The predicted molar refractivity (Wildman–Crippen MR) is 64.9 cm³/mol. The van der Waals surface area contributed by atoms with Crippen LogP contribution >= 0.6 is 0 Å². The van der Waals surface area contributed by atoms with Crippen LogP contribution in [0.3, 0.4) is 0 Å². The lowest BCUT2D eigenvalue weighted by Crippen LogP contribution is -2.45. The van der Waals surface area contributed by atoms with Crippen LogP contribution in [0.1, 0.15) is 26.7 Å². The fourth-order valence-electron chi connectivity index (χ4n) is 1.84. The predicted octanol–water partition coefficient (Wildman–Crippen LogP) is 0.339. The SMILES string of the molecule is CC1=NO[C@@](C)(C(=O)NCCCn2ccnn2)C1. The Morgan fingerprint density at radius 1 is 1.67 bits per heavy atom. The minimum absolute atomic E-state index is 0.123. The van der Waals surface area contributed by atoms with Gasteiger partial charge in [-0.1, -0.05) is 10.4 Å². The summed E-state index contributed by atoms with van der Waals surface area (Å²) in [6, 6.07) is 0. The number of hydrogen-bond donors (Lipinski definition) is 1. The summed E-state index contributed by atoms with van der Waals surface area (Å²) in [5, 5.41) is 14.2. The summed E-state index contributed by atoms with van der Waals surface area (Å²) >= 11 is 0. The van der Waals surface area contributed by atoms with Gasteiger partial charge in [0.05, 0.1) is 11.9 Å². The second-order valence-electron chi connectivity index (χ2n) is 4.60. The van der Waals surface area contributed by atoms with Gasteiger partial charge in [-0.05, 0) is 20.3 Å². The Morgan fingerprint density at radius 3 is 3.11 bits per heavy atom. The van der Waals surface area contributed by atoms with Crippen LogP contribution in [-0.2, 0) is 16.2 Å². The number of carbonyl (C=O) groups is 1. The summed E-state index contributed by atoms with van der Waals surface area (Å²) in [6.07, 6.45) is 4.76. The van der Waals surface area contributed by atoms with Crippen molar-refractivity contribution in [3.05, 3.63) is 12.4 Å². The van der Waals surface area contributed by atoms with E-state index in [9.17, 15) is 4.79 Å². The van der Waals surface area contributed by atoms with Crippen molar-refractivity contribution >= 4 is 11.6 Å². The van der Waals surface area contributed by atoms with E-state index >= 15 is 0 Å². The first-order chi connectivity index (χ1) is 8.60. The Balaban J connectivity index is 1.69. The Kier molecular flexibility index (Phi) is 3.59. The minimum Gasteiger partial charge on any atom is -0.379 e. The quantitative estimate of drug-likeness (QED) is 0.765. The van der Waals surface area contributed by atoms with Gasteiger partial charge in [0.15, 0.2) is 0 Å². The lowest BCUT2D eigenvalue weighted by Gasteiger charge is -2.20. The van der Waals surface area contributed by atoms with Crippen molar-refractivity contribution in [3.63, 3.8) is 0 Å². The highest BCUT2D eigenvalue weighted by atomic mass is 16.7. The van der Waals surface area contributed by atoms with Crippen molar-refractivity contribution in [1.82, 2.24) is 20.3 Å². The number of aryl methyl sites for hydroxylation is 1. The molecule has 0 radical (unpaired) electrons. The standard InChI is InChI=1S/C11H17N5O2/c1-9-8-11(2,18-14-9)10(17)12-4-3-6-16-7-5-13-15-16/h5,7H,3-4,6,8H2,1-2H3,(H,12,17)/t11-/m1/s1. The molecule has 0 spiro atoms. The summed E-state index contributed by atoms with van der Waals surface area (Å²) in [7, 11) is 0. The van der Waals surface area contributed by atoms with Gasteiger partial charge in [0.25, 0.3) is 5.91 Å². The third-order valence-corrected chi connectivity index (χ3v) is 2.80. The molecule has 7 heteroatoms. The van der Waals surface area contributed by atoms with Gasteiger partial charge in [0.2, 0.25) is 5.60 Å². The van der Waals surface area contributed by atoms with Crippen LogP contribution in [0, 0.1) is 0 Å². The van der Waals surface area contributed by atoms with Gasteiger partial charge in [-0.2, -0.15) is 0 Å². The van der Waals surface area contributed by atoms with E-state index in [1.807, 2.05) is 6.92 Å². The first-order valence-corrected chi connectivity index (χ1v) is 5.94. The van der Waals surface area contributed by atoms with E-state index in [0.29, 0.717) is 13.0 Å². The third kappa shape index (κ3) is 2.85. The molecule has 18 heavy (non-hydrogen) atoms. The average Bonchev–Trinajstić information content (AvgIpc) is 2.95. The lowest BCUT2D eigenvalue weighted by molar-refractivity contribution is -0.141. The summed E-state index contributed by atoms with van der Waals surface area (Å²) in [6.45, 7) is 4.91. The van der Waals surface area contributed by atoms with Crippen molar-refractivity contribution in [2.24, 2.45) is 5.16 Å². The Bertz CT molecular complexity index is 442. The van der Waals surface area contributed by atoms with Crippen LogP contribution in [0.15, 0.2) is 17.5 Å². The van der Waals surface area contributed by atoms with Gasteiger partial charge in [-0.25, -0.2) is 0 Å². The van der Waals surface area contributed by atoms with Crippen molar-refractivity contribution in [2.45, 2.75) is 38.8 Å². The zero-order chi connectivity index (χ0) is 13.0. The monoisotopic (exact) mass is 251 g/mol. The Labute approximate surface area is 105 Å². The molecule has 2 heterocycles. The molecule has 0 bridgehead atoms. The smallest absolute Gasteiger partial charge is 0.267 e. The van der Waals surface area contributed by atoms with Crippen molar-refractivity contribution < 1.29 is 9.63 Å². The summed E-state index contributed by atoms with van der Waals surface area (Å²) in [5.41, 5.74) is -0.00702. The Hall–Kier alpha value is -1.92. The van der Waals surface area contributed by atoms with Gasteiger partial charge in [0.1, 0.15) is 0 Å². The van der Waals surface area contributed by atoms with E-state index in [2.05, 4.69) is 20.8 Å². The summed E-state index contributed by atoms with van der Waals surface area (Å²) < 4.78 is 1.73. The average molecular weight is 251 g/mol. The molecule has 1 atom stereocenters. The van der Waals surface area contributed by atoms with Gasteiger partial charge in [-0.3, -0.25) is 9.48 Å². The topological polar surface area (TPSA) is 81.4 Å². The second-order valence-corrected chi connectivity index (χ2v) is 4.60. The minimum atomic E-state index is -0.850. The first kappa shape index (κ1) is 12.5. The fourth-order valence-corrected chi connectivity index (χ4v) is 1.84. The number of rotatable bonds is 5. The molecule has 1 aromatic heterocycles. The third-order valence-electron chi connectivity index (χ3n) is 2.80. The maximum Gasteiger partial charge on any atom is 0.267 e. The highest BCUT2D eigenvalue weighted by Gasteiger charge is 2.40. The molecule has 1 aliphatic rings. The van der Waals surface area contributed by atoms with E-state index in [4.69, 9.17) is 4.84 Å². The van der Waals surface area contributed by atoms with E-state index in [1.54, 1.807) is 24.0 Å². The Morgan fingerprint density at radius 2 is 2.50 bits per heavy atom. The molecule has 1 amide bonds. The summed E-state index contributed by atoms with van der Waals surface area (Å²) in [4.78, 5) is 17.1. The van der Waals surface area contributed by atoms with Gasteiger partial charge < -0.3 is 10.2 Å². The molecule has 7 nitrogen and oxygen atoms in total. The number of amides is 1. The number of carbonyl (C=O) groups excluding carboxylic acids is 1. The summed E-state index contributed by atoms with van der Waals surface area (Å²) in [5.74, 6) is -0.123. The number of nitrogens with zero attached hydrogens (tertiary/aromatic N) is 4. The van der Waals surface area contributed by atoms with Crippen LogP contribution in [-0.4, -0.2) is 38.8 Å². The van der Waals surface area contributed by atoms with E-state index in [1.165, 1.54) is 0 Å². The number of aromatic nitrogens is 3. The normalized spacial score (nSPS) is 22.4. The second kappa shape index (κ2) is 5.16. The molecule has 98 valence electrons. The van der Waals surface area contributed by atoms with Crippen LogP contribution in [0.25, 0.3) is 0 Å². The van der Waals surface area contributed by atoms with E-state index in [-0.39, 0.29) is 5.91 Å². The zero-order valence-electron chi connectivity index (χ0n) is 10.6. The molecule has 1 aliphatic heterocycles. The van der Waals surface area contributed by atoms with Crippen molar-refractivity contribution in [3.8, 4) is 0 Å². The maximum absolute atomic E-state index is 11.9. The van der Waals surface area contributed by atoms with Crippen molar-refractivity contribution in [1.29, 1.82) is 0 Å². The van der Waals surface area contributed by atoms with Crippen molar-refractivity contribution in [2.75, 3.05) is 6.54 Å². The highest BCUT2D eigenvalue weighted by molar-refractivity contribution is 5.94. The molecule has 0 aliphatic carbocycles. The van der Waals surface area contributed by atoms with Gasteiger partial charge in [0, 0.05) is 25.7 Å². The number of nitrogens with one attached hydrogen (secondary N) is 1. The van der Waals surface area contributed by atoms with Crippen LogP contribution in [0.4, 0.5) is 0 Å². The number of oxime groups is 1. The lowest BCUT2D eigenvalue weighted by atomic mass is 9.99. The molecule has 0 saturated heterocycles. The molecular formula is C11H17N5O2. The number of hydrogen-bond acceptors (Lipinski definition) is 5. The molecule has 1 aromatic rings. The maximum atomic E-state index is 11.9. The van der Waals surface area contributed by atoms with Crippen LogP contribution in [0.5, 0.6) is 0 Å². The first-order valence-electron chi connectivity index (χ1n) is 5.94.